The first-order chi connectivity index (χ1) is 7.70. The lowest BCUT2D eigenvalue weighted by Gasteiger charge is -2.36. The van der Waals surface area contributed by atoms with Gasteiger partial charge < -0.3 is 10.2 Å². The maximum absolute atomic E-state index is 3.66. The molecule has 1 spiro atoms. The molecule has 0 atom stereocenters. The molecule has 1 aromatic carbocycles. The van der Waals surface area contributed by atoms with Crippen LogP contribution < -0.4 is 10.2 Å². The smallest absolute Gasteiger partial charge is 0.0399 e. The summed E-state index contributed by atoms with van der Waals surface area (Å²) in [5.74, 6) is 0. The van der Waals surface area contributed by atoms with Crippen molar-refractivity contribution in [1.82, 2.24) is 5.32 Å². The summed E-state index contributed by atoms with van der Waals surface area (Å²) in [5, 5.41) is 3.66. The van der Waals surface area contributed by atoms with Crippen molar-refractivity contribution in [1.29, 1.82) is 0 Å². The van der Waals surface area contributed by atoms with Crippen LogP contribution in [0.1, 0.15) is 24.0 Å². The normalized spacial score (nSPS) is 22.5. The van der Waals surface area contributed by atoms with Gasteiger partial charge in [0.25, 0.3) is 0 Å². The molecule has 2 fully saturated rings. The van der Waals surface area contributed by atoms with Crippen LogP contribution in [0, 0.1) is 13.8 Å². The number of hydrogen-bond acceptors (Lipinski definition) is 2. The summed E-state index contributed by atoms with van der Waals surface area (Å²) < 4.78 is 0. The van der Waals surface area contributed by atoms with E-state index in [0.29, 0.717) is 5.54 Å². The van der Waals surface area contributed by atoms with Crippen molar-refractivity contribution in [3.8, 4) is 0 Å². The summed E-state index contributed by atoms with van der Waals surface area (Å²) in [6.07, 6.45) is 2.71. The van der Waals surface area contributed by atoms with Crippen molar-refractivity contribution in [3.63, 3.8) is 0 Å². The molecule has 1 heterocycles. The van der Waals surface area contributed by atoms with E-state index < -0.39 is 0 Å². The Labute approximate surface area is 97.6 Å². The number of anilines is 1. The quantitative estimate of drug-likeness (QED) is 0.774. The van der Waals surface area contributed by atoms with E-state index in [4.69, 9.17) is 0 Å². The van der Waals surface area contributed by atoms with E-state index in [2.05, 4.69) is 42.3 Å². The summed E-state index contributed by atoms with van der Waals surface area (Å²) in [4.78, 5) is 2.56. The molecule has 3 rings (SSSR count). The van der Waals surface area contributed by atoms with Gasteiger partial charge in [0.2, 0.25) is 0 Å². The minimum atomic E-state index is 0.467. The van der Waals surface area contributed by atoms with Gasteiger partial charge in [-0.15, -0.1) is 0 Å². The van der Waals surface area contributed by atoms with E-state index in [1.165, 1.54) is 36.2 Å². The van der Waals surface area contributed by atoms with Crippen LogP contribution in [0.3, 0.4) is 0 Å². The highest BCUT2D eigenvalue weighted by Gasteiger charge is 2.45. The van der Waals surface area contributed by atoms with Gasteiger partial charge in [-0.2, -0.15) is 0 Å². The monoisotopic (exact) mass is 216 g/mol. The van der Waals surface area contributed by atoms with Crippen LogP contribution in [0.15, 0.2) is 18.2 Å². The third kappa shape index (κ3) is 1.61. The number of rotatable bonds is 1. The second-order valence-corrected chi connectivity index (χ2v) is 5.35. The van der Waals surface area contributed by atoms with Crippen LogP contribution in [-0.2, 0) is 0 Å². The zero-order chi connectivity index (χ0) is 11.2. The maximum Gasteiger partial charge on any atom is 0.0399 e. The van der Waals surface area contributed by atoms with Crippen molar-refractivity contribution in [3.05, 3.63) is 29.3 Å². The number of aryl methyl sites for hydroxylation is 1. The standard InChI is InChI=1S/C14H20N2/c1-11-4-3-5-13(12(11)2)16-9-8-15-14(10-16)6-7-14/h3-5,15H,6-10H2,1-2H3. The van der Waals surface area contributed by atoms with Crippen molar-refractivity contribution in [2.75, 3.05) is 24.5 Å². The predicted molar refractivity (Wildman–Crippen MR) is 68.1 cm³/mol. The third-order valence-electron chi connectivity index (χ3n) is 4.15. The summed E-state index contributed by atoms with van der Waals surface area (Å²) in [6.45, 7) is 7.91. The molecule has 0 bridgehead atoms. The molecule has 1 aliphatic carbocycles. The fraction of sp³-hybridized carbons (Fsp3) is 0.571. The zero-order valence-electron chi connectivity index (χ0n) is 10.2. The first-order valence-electron chi connectivity index (χ1n) is 6.26. The number of benzene rings is 1. The molecule has 16 heavy (non-hydrogen) atoms. The number of hydrogen-bond donors (Lipinski definition) is 1. The Kier molecular flexibility index (Phi) is 2.21. The van der Waals surface area contributed by atoms with E-state index in [1.54, 1.807) is 0 Å². The number of nitrogens with one attached hydrogen (secondary N) is 1. The average Bonchev–Trinajstić information content (AvgIpc) is 3.02. The molecule has 0 aromatic heterocycles. The van der Waals surface area contributed by atoms with Gasteiger partial charge in [-0.1, -0.05) is 12.1 Å². The van der Waals surface area contributed by atoms with Crippen molar-refractivity contribution in [2.24, 2.45) is 0 Å². The van der Waals surface area contributed by atoms with Gasteiger partial charge in [-0.05, 0) is 43.9 Å². The van der Waals surface area contributed by atoms with Gasteiger partial charge in [-0.25, -0.2) is 0 Å². The highest BCUT2D eigenvalue weighted by Crippen LogP contribution is 2.39. The minimum absolute atomic E-state index is 0.467. The second kappa shape index (κ2) is 3.49. The number of piperazine rings is 1. The molecular weight excluding hydrogens is 196 g/mol. The van der Waals surface area contributed by atoms with E-state index in [-0.39, 0.29) is 0 Å². The SMILES string of the molecule is Cc1cccc(N2CCNC3(CC3)C2)c1C. The van der Waals surface area contributed by atoms with Crippen LogP contribution in [0.4, 0.5) is 5.69 Å². The maximum atomic E-state index is 3.66. The Hall–Kier alpha value is -1.02. The lowest BCUT2D eigenvalue weighted by atomic mass is 10.1. The largest absolute Gasteiger partial charge is 0.368 e. The number of nitrogens with zero attached hydrogens (tertiary/aromatic N) is 1. The molecule has 1 N–H and O–H groups in total. The molecule has 0 radical (unpaired) electrons. The average molecular weight is 216 g/mol. The lowest BCUT2D eigenvalue weighted by Crippen LogP contribution is -2.52. The van der Waals surface area contributed by atoms with Crippen LogP contribution in [0.25, 0.3) is 0 Å². The van der Waals surface area contributed by atoms with Gasteiger partial charge >= 0.3 is 0 Å². The van der Waals surface area contributed by atoms with Crippen LogP contribution in [-0.4, -0.2) is 25.2 Å². The van der Waals surface area contributed by atoms with E-state index in [1.807, 2.05) is 0 Å². The molecule has 1 aromatic rings. The van der Waals surface area contributed by atoms with Gasteiger partial charge in [0.05, 0.1) is 0 Å². The Morgan fingerprint density at radius 3 is 2.81 bits per heavy atom. The highest BCUT2D eigenvalue weighted by molar-refractivity contribution is 5.57. The Morgan fingerprint density at radius 2 is 2.06 bits per heavy atom. The molecule has 2 heteroatoms. The first-order valence-corrected chi connectivity index (χ1v) is 6.26. The topological polar surface area (TPSA) is 15.3 Å². The van der Waals surface area contributed by atoms with Crippen molar-refractivity contribution in [2.45, 2.75) is 32.2 Å². The molecular formula is C14H20N2. The van der Waals surface area contributed by atoms with Gasteiger partial charge in [-0.3, -0.25) is 0 Å². The van der Waals surface area contributed by atoms with Crippen LogP contribution in [0.5, 0.6) is 0 Å². The molecule has 0 amide bonds. The molecule has 86 valence electrons. The lowest BCUT2D eigenvalue weighted by molar-refractivity contribution is 0.442. The van der Waals surface area contributed by atoms with Crippen LogP contribution >= 0.6 is 0 Å². The molecule has 1 aliphatic heterocycles. The molecule has 0 unspecified atom stereocenters. The highest BCUT2D eigenvalue weighted by atomic mass is 15.2. The van der Waals surface area contributed by atoms with Crippen molar-refractivity contribution < 1.29 is 0 Å². The van der Waals surface area contributed by atoms with Gasteiger partial charge in [0.15, 0.2) is 0 Å². The van der Waals surface area contributed by atoms with E-state index in [0.717, 1.165) is 13.1 Å². The third-order valence-corrected chi connectivity index (χ3v) is 4.15. The van der Waals surface area contributed by atoms with Gasteiger partial charge in [0, 0.05) is 30.9 Å². The predicted octanol–water partition coefficient (Wildman–Crippen LogP) is 2.25. The Bertz CT molecular complexity index is 407. The van der Waals surface area contributed by atoms with E-state index in [9.17, 15) is 0 Å². The van der Waals surface area contributed by atoms with Crippen molar-refractivity contribution >= 4 is 5.69 Å². The fourth-order valence-electron chi connectivity index (χ4n) is 2.73. The molecule has 1 saturated heterocycles. The van der Waals surface area contributed by atoms with Crippen LogP contribution in [0.2, 0.25) is 0 Å². The molecule has 1 saturated carbocycles. The fourth-order valence-corrected chi connectivity index (χ4v) is 2.73. The zero-order valence-corrected chi connectivity index (χ0v) is 10.2. The second-order valence-electron chi connectivity index (χ2n) is 5.35. The molecule has 2 nitrogen and oxygen atoms in total. The minimum Gasteiger partial charge on any atom is -0.368 e. The molecule has 2 aliphatic rings. The summed E-state index contributed by atoms with van der Waals surface area (Å²) >= 11 is 0. The van der Waals surface area contributed by atoms with Gasteiger partial charge in [0.1, 0.15) is 0 Å². The Morgan fingerprint density at radius 1 is 1.25 bits per heavy atom. The Balaban J connectivity index is 1.88. The summed E-state index contributed by atoms with van der Waals surface area (Å²) in [5.41, 5.74) is 4.75. The first kappa shape index (κ1) is 10.2. The summed E-state index contributed by atoms with van der Waals surface area (Å²) in [6, 6.07) is 6.65. The summed E-state index contributed by atoms with van der Waals surface area (Å²) in [7, 11) is 0. The van der Waals surface area contributed by atoms with E-state index >= 15 is 0 Å².